The van der Waals surface area contributed by atoms with Gasteiger partial charge in [0.25, 0.3) is 0 Å². The molecule has 234 valence electrons. The lowest BCUT2D eigenvalue weighted by molar-refractivity contribution is -0.140. The molecule has 0 heterocycles. The Labute approximate surface area is 254 Å². The van der Waals surface area contributed by atoms with Crippen LogP contribution in [0.3, 0.4) is 0 Å². The van der Waals surface area contributed by atoms with Crippen LogP contribution in [0.4, 0.5) is 0 Å². The van der Waals surface area contributed by atoms with Gasteiger partial charge in [-0.25, -0.2) is 28.8 Å². The van der Waals surface area contributed by atoms with E-state index in [1.165, 1.54) is 50.2 Å². The Morgan fingerprint density at radius 3 is 1.14 bits per heavy atom. The summed E-state index contributed by atoms with van der Waals surface area (Å²) < 4.78 is 30.4. The molecule has 0 atom stereocenters. The number of benzene rings is 2. The summed E-state index contributed by atoms with van der Waals surface area (Å²) in [6.45, 7) is 12.2. The van der Waals surface area contributed by atoms with Crippen LogP contribution in [0.1, 0.15) is 69.1 Å². The average molecular weight is 611 g/mol. The van der Waals surface area contributed by atoms with Crippen molar-refractivity contribution in [1.29, 1.82) is 0 Å². The molecule has 0 fully saturated rings. The van der Waals surface area contributed by atoms with Gasteiger partial charge in [0.05, 0.1) is 35.5 Å². The Morgan fingerprint density at radius 2 is 0.818 bits per heavy atom. The van der Waals surface area contributed by atoms with E-state index < -0.39 is 35.8 Å². The van der Waals surface area contributed by atoms with E-state index >= 15 is 0 Å². The summed E-state index contributed by atoms with van der Waals surface area (Å²) in [4.78, 5) is 74.1. The van der Waals surface area contributed by atoms with E-state index in [4.69, 9.17) is 28.4 Å². The Hall–Kier alpha value is -5.26. The first-order valence-electron chi connectivity index (χ1n) is 13.5. The molecule has 12 nitrogen and oxygen atoms in total. The van der Waals surface area contributed by atoms with Gasteiger partial charge in [-0.05, 0) is 63.1 Å². The zero-order valence-electron chi connectivity index (χ0n) is 25.0. The molecular weight excluding hydrogens is 576 g/mol. The first-order valence-corrected chi connectivity index (χ1v) is 13.5. The minimum atomic E-state index is -0.856. The van der Waals surface area contributed by atoms with E-state index in [1.807, 2.05) is 0 Å². The van der Waals surface area contributed by atoms with Crippen LogP contribution in [-0.4, -0.2) is 75.5 Å². The summed E-state index contributed by atoms with van der Waals surface area (Å²) in [7, 11) is 0. The fourth-order valence-electron chi connectivity index (χ4n) is 3.50. The van der Waals surface area contributed by atoms with Crippen molar-refractivity contribution in [3.05, 3.63) is 83.0 Å². The third-order valence-corrected chi connectivity index (χ3v) is 5.60. The number of hydrogen-bond donors (Lipinski definition) is 0. The highest BCUT2D eigenvalue weighted by molar-refractivity contribution is 6.06. The van der Waals surface area contributed by atoms with Crippen molar-refractivity contribution in [3.63, 3.8) is 0 Å². The predicted octanol–water partition coefficient (Wildman–Crippen LogP) is 4.26. The van der Waals surface area contributed by atoms with Crippen molar-refractivity contribution in [1.82, 2.24) is 0 Å². The van der Waals surface area contributed by atoms with E-state index in [2.05, 4.69) is 13.2 Å². The second kappa shape index (κ2) is 17.0. The van der Waals surface area contributed by atoms with Crippen molar-refractivity contribution in [2.24, 2.45) is 0 Å². The minimum Gasteiger partial charge on any atom is -0.462 e. The van der Waals surface area contributed by atoms with Gasteiger partial charge in [0.2, 0.25) is 0 Å². The predicted molar refractivity (Wildman–Crippen MR) is 156 cm³/mol. The third kappa shape index (κ3) is 9.93. The van der Waals surface area contributed by atoms with Crippen LogP contribution in [0.15, 0.2) is 60.7 Å². The molecule has 0 aliphatic carbocycles. The Bertz CT molecular complexity index is 1340. The Morgan fingerprint density at radius 1 is 0.500 bits per heavy atom. The van der Waals surface area contributed by atoms with E-state index in [-0.39, 0.29) is 73.0 Å². The van der Waals surface area contributed by atoms with E-state index in [1.54, 1.807) is 13.8 Å². The molecule has 0 aliphatic rings. The van der Waals surface area contributed by atoms with Crippen molar-refractivity contribution in [3.8, 4) is 11.1 Å². The van der Waals surface area contributed by atoms with E-state index in [0.29, 0.717) is 11.1 Å². The first kappa shape index (κ1) is 34.9. The van der Waals surface area contributed by atoms with Gasteiger partial charge in [0.15, 0.2) is 0 Å². The number of esters is 6. The highest BCUT2D eigenvalue weighted by Crippen LogP contribution is 2.27. The number of carbonyl (C=O) groups excluding carboxylic acids is 6. The standard InChI is InChI=1S/C32H34O12/c1-7-39-31(37)25-17-21(9-11-23(25)29(35)43-15-13-41-27(33)19(3)4)22-10-12-24(26(18-22)32(38)40-8-2)30(36)44-16-14-42-28(34)20(5)6/h9-12,17-18H,3,5,7-8,13-16H2,1-2,4,6H3. The fourth-order valence-corrected chi connectivity index (χ4v) is 3.50. The largest absolute Gasteiger partial charge is 0.462 e. The highest BCUT2D eigenvalue weighted by Gasteiger charge is 2.24. The summed E-state index contributed by atoms with van der Waals surface area (Å²) in [5, 5.41) is 0. The molecular formula is C32H34O12. The summed E-state index contributed by atoms with van der Waals surface area (Å²) in [6, 6.07) is 8.49. The third-order valence-electron chi connectivity index (χ3n) is 5.60. The van der Waals surface area contributed by atoms with Crippen LogP contribution >= 0.6 is 0 Å². The fraction of sp³-hybridized carbons (Fsp3) is 0.312. The summed E-state index contributed by atoms with van der Waals surface area (Å²) in [5.74, 6) is -4.58. The maximum atomic E-state index is 12.8. The van der Waals surface area contributed by atoms with Crippen molar-refractivity contribution in [2.45, 2.75) is 27.7 Å². The Balaban J connectivity index is 2.36. The highest BCUT2D eigenvalue weighted by atomic mass is 16.6. The normalized spacial score (nSPS) is 10.2. The van der Waals surface area contributed by atoms with Gasteiger partial charge in [0, 0.05) is 11.1 Å². The van der Waals surface area contributed by atoms with Gasteiger partial charge >= 0.3 is 35.8 Å². The first-order chi connectivity index (χ1) is 20.9. The second-order valence-corrected chi connectivity index (χ2v) is 9.07. The average Bonchev–Trinajstić information content (AvgIpc) is 3.00. The second-order valence-electron chi connectivity index (χ2n) is 9.07. The number of rotatable bonds is 15. The smallest absolute Gasteiger partial charge is 0.339 e. The van der Waals surface area contributed by atoms with Crippen LogP contribution in [0.25, 0.3) is 11.1 Å². The zero-order valence-corrected chi connectivity index (χ0v) is 25.0. The van der Waals surface area contributed by atoms with Gasteiger partial charge in [-0.2, -0.15) is 0 Å². The molecule has 0 aromatic heterocycles. The molecule has 0 amide bonds. The molecule has 0 unspecified atom stereocenters. The molecule has 0 bridgehead atoms. The molecule has 0 saturated carbocycles. The molecule has 0 N–H and O–H groups in total. The maximum Gasteiger partial charge on any atom is 0.339 e. The molecule has 2 aromatic rings. The van der Waals surface area contributed by atoms with Gasteiger partial charge in [-0.1, -0.05) is 25.3 Å². The SMILES string of the molecule is C=C(C)C(=O)OCCOC(=O)c1ccc(-c2ccc(C(=O)OCCOC(=O)C(=C)C)c(C(=O)OCC)c2)cc1C(=O)OCC. The monoisotopic (exact) mass is 610 g/mol. The van der Waals surface area contributed by atoms with Crippen molar-refractivity contribution >= 4 is 35.8 Å². The Kier molecular flexibility index (Phi) is 13.5. The van der Waals surface area contributed by atoms with E-state index in [0.717, 1.165) is 0 Å². The molecule has 12 heteroatoms. The quantitative estimate of drug-likeness (QED) is 0.122. The molecule has 0 aliphatic heterocycles. The number of ether oxygens (including phenoxy) is 6. The number of hydrogen-bond acceptors (Lipinski definition) is 12. The molecule has 0 spiro atoms. The lowest BCUT2D eigenvalue weighted by atomic mass is 9.95. The lowest BCUT2D eigenvalue weighted by Gasteiger charge is -2.14. The van der Waals surface area contributed by atoms with Crippen molar-refractivity contribution in [2.75, 3.05) is 39.6 Å². The van der Waals surface area contributed by atoms with Crippen LogP contribution in [0.5, 0.6) is 0 Å². The van der Waals surface area contributed by atoms with Gasteiger partial charge in [-0.3, -0.25) is 0 Å². The van der Waals surface area contributed by atoms with Crippen LogP contribution in [0.2, 0.25) is 0 Å². The molecule has 0 saturated heterocycles. The van der Waals surface area contributed by atoms with Gasteiger partial charge in [0.1, 0.15) is 26.4 Å². The summed E-state index contributed by atoms with van der Waals surface area (Å²) in [6.07, 6.45) is 0. The van der Waals surface area contributed by atoms with Crippen LogP contribution < -0.4 is 0 Å². The van der Waals surface area contributed by atoms with Gasteiger partial charge in [-0.15, -0.1) is 0 Å². The van der Waals surface area contributed by atoms with Gasteiger partial charge < -0.3 is 28.4 Å². The number of carbonyl (C=O) groups is 6. The topological polar surface area (TPSA) is 158 Å². The zero-order chi connectivity index (χ0) is 32.8. The minimum absolute atomic E-state index is 0.0324. The maximum absolute atomic E-state index is 12.8. The lowest BCUT2D eigenvalue weighted by Crippen LogP contribution is -2.18. The molecule has 2 aromatic carbocycles. The molecule has 0 radical (unpaired) electrons. The summed E-state index contributed by atoms with van der Waals surface area (Å²) >= 11 is 0. The van der Waals surface area contributed by atoms with Crippen molar-refractivity contribution < 1.29 is 57.2 Å². The van der Waals surface area contributed by atoms with Crippen LogP contribution in [0, 0.1) is 0 Å². The molecule has 2 rings (SSSR count). The van der Waals surface area contributed by atoms with E-state index in [9.17, 15) is 28.8 Å². The molecule has 44 heavy (non-hydrogen) atoms. The van der Waals surface area contributed by atoms with Crippen LogP contribution in [-0.2, 0) is 38.0 Å². The summed E-state index contributed by atoms with van der Waals surface area (Å²) in [5.41, 5.74) is 0.753.